The molecule has 1 atom stereocenters. The van der Waals surface area contributed by atoms with Gasteiger partial charge in [0.05, 0.1) is 0 Å². The third-order valence-corrected chi connectivity index (χ3v) is 3.67. The molecule has 2 nitrogen and oxygen atoms in total. The number of anilines is 1. The monoisotopic (exact) mass is 236 g/mol. The van der Waals surface area contributed by atoms with E-state index in [9.17, 15) is 4.39 Å². The number of nitrogens with zero attached hydrogens (tertiary/aromatic N) is 1. The van der Waals surface area contributed by atoms with E-state index in [-0.39, 0.29) is 17.4 Å². The molecule has 0 bridgehead atoms. The minimum Gasteiger partial charge on any atom is -0.366 e. The molecule has 1 saturated heterocycles. The first-order valence-corrected chi connectivity index (χ1v) is 6.24. The first-order chi connectivity index (χ1) is 7.92. The van der Waals surface area contributed by atoms with E-state index in [2.05, 4.69) is 18.7 Å². The lowest BCUT2D eigenvalue weighted by Crippen LogP contribution is -2.39. The Morgan fingerprint density at radius 1 is 1.41 bits per heavy atom. The van der Waals surface area contributed by atoms with Crippen molar-refractivity contribution in [3.63, 3.8) is 0 Å². The number of nitrogens with two attached hydrogens (primary N) is 1. The second-order valence-corrected chi connectivity index (χ2v) is 5.56. The maximum absolute atomic E-state index is 13.3. The lowest BCUT2D eigenvalue weighted by Gasteiger charge is -2.35. The quantitative estimate of drug-likeness (QED) is 0.854. The smallest absolute Gasteiger partial charge is 0.123 e. The zero-order valence-electron chi connectivity index (χ0n) is 10.8. The molecule has 1 heterocycles. The normalized spacial score (nSPS) is 20.6. The topological polar surface area (TPSA) is 29.3 Å². The fourth-order valence-corrected chi connectivity index (χ4v) is 2.69. The van der Waals surface area contributed by atoms with Crippen molar-refractivity contribution < 1.29 is 4.39 Å². The van der Waals surface area contributed by atoms with Crippen molar-refractivity contribution in [1.29, 1.82) is 0 Å². The zero-order valence-corrected chi connectivity index (χ0v) is 10.8. The Hall–Kier alpha value is -1.09. The molecule has 1 aromatic rings. The Labute approximate surface area is 103 Å². The van der Waals surface area contributed by atoms with Gasteiger partial charge in [-0.15, -0.1) is 0 Å². The van der Waals surface area contributed by atoms with Gasteiger partial charge in [-0.3, -0.25) is 0 Å². The summed E-state index contributed by atoms with van der Waals surface area (Å²) in [6, 6.07) is 4.81. The third-order valence-electron chi connectivity index (χ3n) is 3.67. The van der Waals surface area contributed by atoms with Gasteiger partial charge in [-0.1, -0.05) is 0 Å². The van der Waals surface area contributed by atoms with E-state index in [0.29, 0.717) is 0 Å². The highest BCUT2D eigenvalue weighted by molar-refractivity contribution is 5.57. The summed E-state index contributed by atoms with van der Waals surface area (Å²) in [7, 11) is 0. The van der Waals surface area contributed by atoms with Gasteiger partial charge >= 0.3 is 0 Å². The molecule has 94 valence electrons. The molecule has 1 aliphatic heterocycles. The van der Waals surface area contributed by atoms with Crippen molar-refractivity contribution in [3.8, 4) is 0 Å². The van der Waals surface area contributed by atoms with Crippen LogP contribution in [0.3, 0.4) is 0 Å². The maximum atomic E-state index is 13.3. The number of rotatable bonds is 2. The molecule has 17 heavy (non-hydrogen) atoms. The van der Waals surface area contributed by atoms with Gasteiger partial charge < -0.3 is 10.6 Å². The van der Waals surface area contributed by atoms with E-state index in [4.69, 9.17) is 5.73 Å². The second-order valence-electron chi connectivity index (χ2n) is 5.56. The van der Waals surface area contributed by atoms with Crippen LogP contribution in [-0.4, -0.2) is 12.1 Å². The average molecular weight is 236 g/mol. The van der Waals surface area contributed by atoms with Crippen LogP contribution in [0.4, 0.5) is 10.1 Å². The van der Waals surface area contributed by atoms with Gasteiger partial charge in [-0.25, -0.2) is 4.39 Å². The molecule has 1 aliphatic rings. The number of hydrogen-bond donors (Lipinski definition) is 1. The molecule has 0 amide bonds. The highest BCUT2D eigenvalue weighted by Gasteiger charge is 2.33. The lowest BCUT2D eigenvalue weighted by molar-refractivity contribution is 0.515. The second kappa shape index (κ2) is 4.30. The van der Waals surface area contributed by atoms with Crippen LogP contribution in [0.2, 0.25) is 0 Å². The predicted molar refractivity (Wildman–Crippen MR) is 69.7 cm³/mol. The molecule has 2 rings (SSSR count). The lowest BCUT2D eigenvalue weighted by atomic mass is 9.99. The summed E-state index contributed by atoms with van der Waals surface area (Å²) < 4.78 is 13.3. The molecule has 2 N–H and O–H groups in total. The Morgan fingerprint density at radius 3 is 2.65 bits per heavy atom. The van der Waals surface area contributed by atoms with Gasteiger partial charge in [-0.2, -0.15) is 0 Å². The van der Waals surface area contributed by atoms with E-state index in [1.54, 1.807) is 6.07 Å². The van der Waals surface area contributed by atoms with Crippen LogP contribution in [0.5, 0.6) is 0 Å². The SMILES string of the molecule is C[C@@H](N)c1cc(F)ccc1N1CCCC1(C)C. The summed E-state index contributed by atoms with van der Waals surface area (Å²) in [6.07, 6.45) is 2.35. The Kier molecular flexibility index (Phi) is 3.13. The van der Waals surface area contributed by atoms with Gasteiger partial charge in [0.25, 0.3) is 0 Å². The fraction of sp³-hybridized carbons (Fsp3) is 0.571. The molecule has 0 aliphatic carbocycles. The molecule has 1 fully saturated rings. The maximum Gasteiger partial charge on any atom is 0.123 e. The van der Waals surface area contributed by atoms with Gasteiger partial charge in [0.1, 0.15) is 5.82 Å². The summed E-state index contributed by atoms with van der Waals surface area (Å²) >= 11 is 0. The van der Waals surface area contributed by atoms with Gasteiger partial charge in [0.2, 0.25) is 0 Å². The van der Waals surface area contributed by atoms with E-state index in [1.807, 2.05) is 13.0 Å². The molecular formula is C14H21FN2. The molecule has 0 saturated carbocycles. The zero-order chi connectivity index (χ0) is 12.6. The Morgan fingerprint density at radius 2 is 2.12 bits per heavy atom. The number of halogens is 1. The molecule has 1 aromatic carbocycles. The number of hydrogen-bond acceptors (Lipinski definition) is 2. The first-order valence-electron chi connectivity index (χ1n) is 6.24. The third kappa shape index (κ3) is 2.29. The molecular weight excluding hydrogens is 215 g/mol. The van der Waals surface area contributed by atoms with Crippen LogP contribution in [0.25, 0.3) is 0 Å². The summed E-state index contributed by atoms with van der Waals surface area (Å²) in [6.45, 7) is 7.39. The van der Waals surface area contributed by atoms with Crippen LogP contribution in [-0.2, 0) is 0 Å². The molecule has 0 aromatic heterocycles. The van der Waals surface area contributed by atoms with Gasteiger partial charge in [-0.05, 0) is 57.4 Å². The molecule has 3 heteroatoms. The Bertz CT molecular complexity index is 413. The molecule has 0 spiro atoms. The largest absolute Gasteiger partial charge is 0.366 e. The standard InChI is InChI=1S/C14H21FN2/c1-10(16)12-9-11(15)5-6-13(12)17-8-4-7-14(17,2)3/h5-6,9-10H,4,7-8,16H2,1-3H3/t10-/m1/s1. The van der Waals surface area contributed by atoms with Crippen molar-refractivity contribution in [1.82, 2.24) is 0 Å². The van der Waals surface area contributed by atoms with Crippen LogP contribution in [0.1, 0.15) is 45.2 Å². The van der Waals surface area contributed by atoms with E-state index < -0.39 is 0 Å². The van der Waals surface area contributed by atoms with Crippen molar-refractivity contribution in [2.75, 3.05) is 11.4 Å². The predicted octanol–water partition coefficient (Wildman–Crippen LogP) is 3.22. The summed E-state index contributed by atoms with van der Waals surface area (Å²) in [5, 5.41) is 0. The highest BCUT2D eigenvalue weighted by Crippen LogP contribution is 2.37. The van der Waals surface area contributed by atoms with Crippen LogP contribution >= 0.6 is 0 Å². The molecule has 0 unspecified atom stereocenters. The van der Waals surface area contributed by atoms with Crippen molar-refractivity contribution >= 4 is 5.69 Å². The average Bonchev–Trinajstić information content (AvgIpc) is 2.58. The van der Waals surface area contributed by atoms with E-state index >= 15 is 0 Å². The highest BCUT2D eigenvalue weighted by atomic mass is 19.1. The fourth-order valence-electron chi connectivity index (χ4n) is 2.69. The summed E-state index contributed by atoms with van der Waals surface area (Å²) in [5.41, 5.74) is 8.08. The van der Waals surface area contributed by atoms with Crippen LogP contribution in [0, 0.1) is 5.82 Å². The van der Waals surface area contributed by atoms with E-state index in [0.717, 1.165) is 17.8 Å². The number of benzene rings is 1. The van der Waals surface area contributed by atoms with Gasteiger partial charge in [0, 0.05) is 23.8 Å². The first kappa shape index (κ1) is 12.4. The van der Waals surface area contributed by atoms with Crippen molar-refractivity contribution in [3.05, 3.63) is 29.6 Å². The van der Waals surface area contributed by atoms with Crippen molar-refractivity contribution in [2.45, 2.75) is 45.2 Å². The molecule has 0 radical (unpaired) electrons. The van der Waals surface area contributed by atoms with Crippen LogP contribution in [0.15, 0.2) is 18.2 Å². The minimum atomic E-state index is -0.210. The van der Waals surface area contributed by atoms with E-state index in [1.165, 1.54) is 18.9 Å². The summed E-state index contributed by atoms with van der Waals surface area (Å²) in [4.78, 5) is 2.35. The van der Waals surface area contributed by atoms with Gasteiger partial charge in [0.15, 0.2) is 0 Å². The minimum absolute atomic E-state index is 0.140. The summed E-state index contributed by atoms with van der Waals surface area (Å²) in [5.74, 6) is -0.210. The Balaban J connectivity index is 2.44. The van der Waals surface area contributed by atoms with Crippen LogP contribution < -0.4 is 10.6 Å². The van der Waals surface area contributed by atoms with Crippen molar-refractivity contribution in [2.24, 2.45) is 5.73 Å².